The highest BCUT2D eigenvalue weighted by atomic mass is 16.5. The Morgan fingerprint density at radius 3 is 2.32 bits per heavy atom. The zero-order chi connectivity index (χ0) is 13.8. The Morgan fingerprint density at radius 2 is 1.74 bits per heavy atom. The number of primary amides is 1. The molecule has 2 aromatic rings. The second-order valence-electron chi connectivity index (χ2n) is 4.05. The molecule has 4 heteroatoms. The summed E-state index contributed by atoms with van der Waals surface area (Å²) >= 11 is 0. The number of hydrogen-bond donors (Lipinski definition) is 1. The van der Waals surface area contributed by atoms with Gasteiger partial charge in [-0.2, -0.15) is 0 Å². The number of amides is 1. The van der Waals surface area contributed by atoms with Crippen molar-refractivity contribution in [3.8, 4) is 11.5 Å². The number of rotatable bonds is 4. The van der Waals surface area contributed by atoms with Crippen molar-refractivity contribution in [2.24, 2.45) is 5.73 Å². The van der Waals surface area contributed by atoms with Crippen LogP contribution in [0.5, 0.6) is 11.5 Å². The molecule has 1 amide bonds. The Kier molecular flexibility index (Phi) is 3.61. The molecule has 0 heterocycles. The molecule has 0 fully saturated rings. The van der Waals surface area contributed by atoms with E-state index in [1.807, 2.05) is 18.2 Å². The maximum Gasteiger partial charge on any atom is 0.248 e. The molecule has 4 nitrogen and oxygen atoms in total. The summed E-state index contributed by atoms with van der Waals surface area (Å²) in [7, 11) is 0. The third kappa shape index (κ3) is 2.98. The van der Waals surface area contributed by atoms with E-state index >= 15 is 0 Å². The molecule has 2 N–H and O–H groups in total. The topological polar surface area (TPSA) is 69.4 Å². The molecule has 0 atom stereocenters. The lowest BCUT2D eigenvalue weighted by atomic mass is 10.1. The molecule has 19 heavy (non-hydrogen) atoms. The number of hydrogen-bond acceptors (Lipinski definition) is 3. The summed E-state index contributed by atoms with van der Waals surface area (Å²) in [5.74, 6) is 0.219. The molecule has 0 radical (unpaired) electrons. The lowest BCUT2D eigenvalue weighted by Gasteiger charge is -2.10. The van der Waals surface area contributed by atoms with Gasteiger partial charge in [-0.3, -0.25) is 9.59 Å². The highest BCUT2D eigenvalue weighted by Crippen LogP contribution is 2.26. The first-order chi connectivity index (χ1) is 9.08. The summed E-state index contributed by atoms with van der Waals surface area (Å²) in [4.78, 5) is 22.7. The molecule has 0 saturated carbocycles. The van der Waals surface area contributed by atoms with Crippen LogP contribution in [0.4, 0.5) is 0 Å². The van der Waals surface area contributed by atoms with Crippen LogP contribution in [0.3, 0.4) is 0 Å². The van der Waals surface area contributed by atoms with Gasteiger partial charge < -0.3 is 10.5 Å². The molecule has 0 aliphatic carbocycles. The molecule has 0 bridgehead atoms. The van der Waals surface area contributed by atoms with Gasteiger partial charge in [-0.05, 0) is 37.3 Å². The third-order valence-electron chi connectivity index (χ3n) is 2.62. The van der Waals surface area contributed by atoms with Gasteiger partial charge in [0.05, 0.1) is 5.56 Å². The Morgan fingerprint density at radius 1 is 1.05 bits per heavy atom. The predicted molar refractivity (Wildman–Crippen MR) is 71.5 cm³/mol. The van der Waals surface area contributed by atoms with Crippen molar-refractivity contribution < 1.29 is 14.3 Å². The van der Waals surface area contributed by atoms with Crippen molar-refractivity contribution in [3.05, 3.63) is 59.7 Å². The molecule has 2 rings (SSSR count). The maximum atomic E-state index is 11.5. The van der Waals surface area contributed by atoms with E-state index in [-0.39, 0.29) is 5.78 Å². The first-order valence-corrected chi connectivity index (χ1v) is 5.75. The van der Waals surface area contributed by atoms with Gasteiger partial charge in [0.25, 0.3) is 0 Å². The summed E-state index contributed by atoms with van der Waals surface area (Å²) in [5.41, 5.74) is 5.94. The molecule has 96 valence electrons. The number of ether oxygens (including phenoxy) is 1. The average molecular weight is 255 g/mol. The standard InChI is InChI=1S/C15H13NO3/c1-10(17)13-8-7-11(15(16)18)9-14(13)19-12-5-3-2-4-6-12/h2-9H,1H3,(H2,16,18). The van der Waals surface area contributed by atoms with Gasteiger partial charge in [-0.25, -0.2) is 0 Å². The second-order valence-corrected chi connectivity index (χ2v) is 4.05. The third-order valence-corrected chi connectivity index (χ3v) is 2.62. The van der Waals surface area contributed by atoms with E-state index in [2.05, 4.69) is 0 Å². The highest BCUT2D eigenvalue weighted by Gasteiger charge is 2.12. The summed E-state index contributed by atoms with van der Waals surface area (Å²) in [6, 6.07) is 13.6. The fourth-order valence-corrected chi connectivity index (χ4v) is 1.67. The second kappa shape index (κ2) is 5.35. The summed E-state index contributed by atoms with van der Waals surface area (Å²) in [5, 5.41) is 0. The van der Waals surface area contributed by atoms with E-state index < -0.39 is 5.91 Å². The normalized spacial score (nSPS) is 9.95. The zero-order valence-electron chi connectivity index (χ0n) is 10.4. The number of ketones is 1. The van der Waals surface area contributed by atoms with Crippen LogP contribution in [0.15, 0.2) is 48.5 Å². The molecular weight excluding hydrogens is 242 g/mol. The van der Waals surface area contributed by atoms with Crippen molar-refractivity contribution in [1.82, 2.24) is 0 Å². The quantitative estimate of drug-likeness (QED) is 0.854. The Balaban J connectivity index is 2.43. The molecule has 2 aromatic carbocycles. The molecule has 0 aromatic heterocycles. The van der Waals surface area contributed by atoms with Crippen LogP contribution in [-0.2, 0) is 0 Å². The van der Waals surface area contributed by atoms with E-state index in [1.54, 1.807) is 18.2 Å². The molecule has 0 aliphatic rings. The van der Waals surface area contributed by atoms with E-state index in [4.69, 9.17) is 10.5 Å². The van der Waals surface area contributed by atoms with Crippen LogP contribution < -0.4 is 10.5 Å². The molecule has 0 spiro atoms. The van der Waals surface area contributed by atoms with Crippen LogP contribution in [0.2, 0.25) is 0 Å². The Hall–Kier alpha value is -2.62. The molecule has 0 unspecified atom stereocenters. The van der Waals surface area contributed by atoms with E-state index in [0.29, 0.717) is 22.6 Å². The van der Waals surface area contributed by atoms with Crippen molar-refractivity contribution in [3.63, 3.8) is 0 Å². The molecule has 0 saturated heterocycles. The number of para-hydroxylation sites is 1. The Bertz CT molecular complexity index is 621. The van der Waals surface area contributed by atoms with Crippen molar-refractivity contribution in [1.29, 1.82) is 0 Å². The molecular formula is C15H13NO3. The van der Waals surface area contributed by atoms with Crippen molar-refractivity contribution >= 4 is 11.7 Å². The fraction of sp³-hybridized carbons (Fsp3) is 0.0667. The Labute approximate surface area is 110 Å². The van der Waals surface area contributed by atoms with Gasteiger partial charge in [0, 0.05) is 5.56 Å². The minimum atomic E-state index is -0.562. The van der Waals surface area contributed by atoms with Crippen LogP contribution in [0.1, 0.15) is 27.6 Å². The summed E-state index contributed by atoms with van der Waals surface area (Å²) < 4.78 is 5.63. The number of Topliss-reactive ketones (excluding diaryl/α,β-unsaturated/α-hetero) is 1. The van der Waals surface area contributed by atoms with Gasteiger partial charge in [-0.15, -0.1) is 0 Å². The smallest absolute Gasteiger partial charge is 0.248 e. The minimum absolute atomic E-state index is 0.137. The summed E-state index contributed by atoms with van der Waals surface area (Å²) in [6.45, 7) is 1.44. The first kappa shape index (κ1) is 12.8. The first-order valence-electron chi connectivity index (χ1n) is 5.75. The number of carbonyl (C=O) groups is 2. The average Bonchev–Trinajstić information content (AvgIpc) is 2.39. The summed E-state index contributed by atoms with van der Waals surface area (Å²) in [6.07, 6.45) is 0. The monoisotopic (exact) mass is 255 g/mol. The lowest BCUT2D eigenvalue weighted by molar-refractivity contribution is 0.0991. The van der Waals surface area contributed by atoms with E-state index in [0.717, 1.165) is 0 Å². The SMILES string of the molecule is CC(=O)c1ccc(C(N)=O)cc1Oc1ccccc1. The van der Waals surface area contributed by atoms with E-state index in [9.17, 15) is 9.59 Å². The highest BCUT2D eigenvalue weighted by molar-refractivity contribution is 5.99. The van der Waals surface area contributed by atoms with E-state index in [1.165, 1.54) is 19.1 Å². The molecule has 0 aliphatic heterocycles. The predicted octanol–water partition coefficient (Wildman–Crippen LogP) is 2.78. The van der Waals surface area contributed by atoms with Gasteiger partial charge in [0.2, 0.25) is 5.91 Å². The number of carbonyl (C=O) groups excluding carboxylic acids is 2. The largest absolute Gasteiger partial charge is 0.457 e. The number of benzene rings is 2. The van der Waals surface area contributed by atoms with Crippen LogP contribution in [0.25, 0.3) is 0 Å². The zero-order valence-corrected chi connectivity index (χ0v) is 10.4. The van der Waals surface area contributed by atoms with Crippen LogP contribution in [0, 0.1) is 0 Å². The van der Waals surface area contributed by atoms with Crippen LogP contribution >= 0.6 is 0 Å². The lowest BCUT2D eigenvalue weighted by Crippen LogP contribution is -2.11. The van der Waals surface area contributed by atoms with Crippen LogP contribution in [-0.4, -0.2) is 11.7 Å². The van der Waals surface area contributed by atoms with Gasteiger partial charge in [-0.1, -0.05) is 18.2 Å². The maximum absolute atomic E-state index is 11.5. The van der Waals surface area contributed by atoms with Crippen molar-refractivity contribution in [2.45, 2.75) is 6.92 Å². The van der Waals surface area contributed by atoms with Gasteiger partial charge in [0.15, 0.2) is 5.78 Å². The fourth-order valence-electron chi connectivity index (χ4n) is 1.67. The number of nitrogens with two attached hydrogens (primary N) is 1. The van der Waals surface area contributed by atoms with Gasteiger partial charge >= 0.3 is 0 Å². The minimum Gasteiger partial charge on any atom is -0.457 e. The van der Waals surface area contributed by atoms with Crippen molar-refractivity contribution in [2.75, 3.05) is 0 Å². The van der Waals surface area contributed by atoms with Gasteiger partial charge in [0.1, 0.15) is 11.5 Å².